The molecule has 5 heteroatoms. The maximum absolute atomic E-state index is 12.5. The second-order valence-electron chi connectivity index (χ2n) is 5.51. The van der Waals surface area contributed by atoms with Gasteiger partial charge in [0, 0.05) is 32.8 Å². The molecule has 1 aliphatic carbocycles. The molecule has 1 amide bonds. The van der Waals surface area contributed by atoms with Crippen molar-refractivity contribution in [2.75, 3.05) is 26.8 Å². The molecule has 2 aliphatic rings. The standard InChI is InChI=1S/C13H24N2O2.ClH/c1-17-10-7-13(5-2-6-13)12(16)15-8-3-11(14)4-9-15;/h11H,2-10,14H2,1H3;1H. The van der Waals surface area contributed by atoms with E-state index in [1.54, 1.807) is 7.11 Å². The Hall–Kier alpha value is -0.320. The molecule has 1 saturated heterocycles. The molecule has 18 heavy (non-hydrogen) atoms. The number of carbonyl (C=O) groups is 1. The van der Waals surface area contributed by atoms with E-state index in [4.69, 9.17) is 10.5 Å². The van der Waals surface area contributed by atoms with Gasteiger partial charge < -0.3 is 15.4 Å². The Morgan fingerprint density at radius 2 is 2.00 bits per heavy atom. The number of hydrogen-bond acceptors (Lipinski definition) is 3. The summed E-state index contributed by atoms with van der Waals surface area (Å²) >= 11 is 0. The lowest BCUT2D eigenvalue weighted by Gasteiger charge is -2.45. The van der Waals surface area contributed by atoms with Crippen molar-refractivity contribution in [3.63, 3.8) is 0 Å². The van der Waals surface area contributed by atoms with Crippen LogP contribution in [0.15, 0.2) is 0 Å². The zero-order valence-electron chi connectivity index (χ0n) is 11.2. The van der Waals surface area contributed by atoms with Crippen molar-refractivity contribution in [3.05, 3.63) is 0 Å². The number of carbonyl (C=O) groups excluding carboxylic acids is 1. The summed E-state index contributed by atoms with van der Waals surface area (Å²) in [5.74, 6) is 0.354. The number of nitrogens with zero attached hydrogens (tertiary/aromatic N) is 1. The minimum atomic E-state index is -0.0998. The highest BCUT2D eigenvalue weighted by Gasteiger charge is 2.46. The summed E-state index contributed by atoms with van der Waals surface area (Å²) in [6.45, 7) is 2.38. The number of hydrogen-bond donors (Lipinski definition) is 1. The quantitative estimate of drug-likeness (QED) is 0.848. The predicted molar refractivity (Wildman–Crippen MR) is 73.8 cm³/mol. The molecular weight excluding hydrogens is 252 g/mol. The summed E-state index contributed by atoms with van der Waals surface area (Å²) in [6, 6.07) is 0.287. The van der Waals surface area contributed by atoms with Crippen LogP contribution in [-0.2, 0) is 9.53 Å². The van der Waals surface area contributed by atoms with E-state index in [9.17, 15) is 4.79 Å². The summed E-state index contributed by atoms with van der Waals surface area (Å²) in [5, 5.41) is 0. The summed E-state index contributed by atoms with van der Waals surface area (Å²) in [4.78, 5) is 14.6. The van der Waals surface area contributed by atoms with Crippen LogP contribution in [0.1, 0.15) is 38.5 Å². The van der Waals surface area contributed by atoms with E-state index in [1.807, 2.05) is 4.90 Å². The second-order valence-corrected chi connectivity index (χ2v) is 5.51. The summed E-state index contributed by atoms with van der Waals surface area (Å²) < 4.78 is 5.14. The Morgan fingerprint density at radius 3 is 2.44 bits per heavy atom. The van der Waals surface area contributed by atoms with Gasteiger partial charge in [-0.05, 0) is 32.1 Å². The van der Waals surface area contributed by atoms with Gasteiger partial charge in [-0.15, -0.1) is 12.4 Å². The molecule has 0 bridgehead atoms. The fourth-order valence-corrected chi connectivity index (χ4v) is 2.91. The van der Waals surface area contributed by atoms with E-state index >= 15 is 0 Å². The molecule has 1 saturated carbocycles. The Morgan fingerprint density at radius 1 is 1.39 bits per heavy atom. The Balaban J connectivity index is 0.00000162. The molecule has 1 aliphatic heterocycles. The van der Waals surface area contributed by atoms with Gasteiger partial charge in [-0.2, -0.15) is 0 Å². The predicted octanol–water partition coefficient (Wildman–Crippen LogP) is 1.56. The molecule has 0 aromatic heterocycles. The largest absolute Gasteiger partial charge is 0.385 e. The molecule has 2 rings (SSSR count). The number of methoxy groups -OCH3 is 1. The highest BCUT2D eigenvalue weighted by atomic mass is 35.5. The van der Waals surface area contributed by atoms with Crippen LogP contribution in [0.25, 0.3) is 0 Å². The molecular formula is C13H25ClN2O2. The van der Waals surface area contributed by atoms with Crippen LogP contribution < -0.4 is 5.73 Å². The van der Waals surface area contributed by atoms with E-state index in [0.717, 1.165) is 45.2 Å². The van der Waals surface area contributed by atoms with Crippen molar-refractivity contribution in [2.24, 2.45) is 11.1 Å². The third-order valence-corrected chi connectivity index (χ3v) is 4.38. The van der Waals surface area contributed by atoms with Crippen LogP contribution in [-0.4, -0.2) is 43.7 Å². The minimum absolute atomic E-state index is 0. The van der Waals surface area contributed by atoms with Crippen LogP contribution in [0.2, 0.25) is 0 Å². The van der Waals surface area contributed by atoms with Crippen molar-refractivity contribution in [1.82, 2.24) is 4.90 Å². The zero-order chi connectivity index (χ0) is 12.3. The van der Waals surface area contributed by atoms with Gasteiger partial charge in [0.15, 0.2) is 0 Å². The topological polar surface area (TPSA) is 55.6 Å². The van der Waals surface area contributed by atoms with E-state index < -0.39 is 0 Å². The lowest BCUT2D eigenvalue weighted by molar-refractivity contribution is -0.150. The first-order valence-electron chi connectivity index (χ1n) is 6.72. The second kappa shape index (κ2) is 6.73. The maximum atomic E-state index is 12.5. The lowest BCUT2D eigenvalue weighted by Crippen LogP contribution is -2.52. The van der Waals surface area contributed by atoms with Crippen molar-refractivity contribution in [2.45, 2.75) is 44.6 Å². The third-order valence-electron chi connectivity index (χ3n) is 4.38. The van der Waals surface area contributed by atoms with Crippen LogP contribution in [0.3, 0.4) is 0 Å². The van der Waals surface area contributed by atoms with Crippen LogP contribution in [0.5, 0.6) is 0 Å². The normalized spacial score (nSPS) is 23.1. The van der Waals surface area contributed by atoms with E-state index in [2.05, 4.69) is 0 Å². The van der Waals surface area contributed by atoms with E-state index in [-0.39, 0.29) is 23.9 Å². The van der Waals surface area contributed by atoms with Crippen LogP contribution in [0, 0.1) is 5.41 Å². The van der Waals surface area contributed by atoms with Crippen molar-refractivity contribution < 1.29 is 9.53 Å². The molecule has 2 fully saturated rings. The molecule has 1 heterocycles. The maximum Gasteiger partial charge on any atom is 0.228 e. The molecule has 0 aromatic carbocycles. The first-order chi connectivity index (χ1) is 8.18. The number of ether oxygens (including phenoxy) is 1. The zero-order valence-corrected chi connectivity index (χ0v) is 12.0. The Bertz CT molecular complexity index is 274. The fraction of sp³-hybridized carbons (Fsp3) is 0.923. The van der Waals surface area contributed by atoms with Crippen LogP contribution >= 0.6 is 12.4 Å². The van der Waals surface area contributed by atoms with Gasteiger partial charge in [-0.3, -0.25) is 4.79 Å². The molecule has 0 radical (unpaired) electrons. The number of halogens is 1. The minimum Gasteiger partial charge on any atom is -0.385 e. The van der Waals surface area contributed by atoms with Crippen molar-refractivity contribution >= 4 is 18.3 Å². The Labute approximate surface area is 116 Å². The number of likely N-dealkylation sites (tertiary alicyclic amines) is 1. The van der Waals surface area contributed by atoms with Gasteiger partial charge in [0.25, 0.3) is 0 Å². The molecule has 0 spiro atoms. The first kappa shape index (κ1) is 15.7. The van der Waals surface area contributed by atoms with Crippen molar-refractivity contribution in [3.8, 4) is 0 Å². The molecule has 0 atom stereocenters. The summed E-state index contributed by atoms with van der Waals surface area (Å²) in [6.07, 6.45) is 6.04. The molecule has 4 nitrogen and oxygen atoms in total. The van der Waals surface area contributed by atoms with E-state index in [0.29, 0.717) is 12.5 Å². The van der Waals surface area contributed by atoms with Gasteiger partial charge in [-0.1, -0.05) is 6.42 Å². The average molecular weight is 277 g/mol. The smallest absolute Gasteiger partial charge is 0.228 e. The Kier molecular flexibility index (Phi) is 5.89. The number of nitrogens with two attached hydrogens (primary N) is 1. The highest BCUT2D eigenvalue weighted by molar-refractivity contribution is 5.85. The van der Waals surface area contributed by atoms with E-state index in [1.165, 1.54) is 6.42 Å². The molecule has 106 valence electrons. The van der Waals surface area contributed by atoms with Gasteiger partial charge >= 0.3 is 0 Å². The fourth-order valence-electron chi connectivity index (χ4n) is 2.91. The van der Waals surface area contributed by atoms with Crippen LogP contribution in [0.4, 0.5) is 0 Å². The SMILES string of the molecule is COCCC1(C(=O)N2CCC(N)CC2)CCC1.Cl. The van der Waals surface area contributed by atoms with Gasteiger partial charge in [0.2, 0.25) is 5.91 Å². The van der Waals surface area contributed by atoms with Crippen molar-refractivity contribution in [1.29, 1.82) is 0 Å². The first-order valence-corrected chi connectivity index (χ1v) is 6.72. The third kappa shape index (κ3) is 3.16. The summed E-state index contributed by atoms with van der Waals surface area (Å²) in [5.41, 5.74) is 5.78. The van der Waals surface area contributed by atoms with Gasteiger partial charge in [-0.25, -0.2) is 0 Å². The highest BCUT2D eigenvalue weighted by Crippen LogP contribution is 2.45. The molecule has 0 unspecified atom stereocenters. The lowest BCUT2D eigenvalue weighted by atomic mass is 9.65. The summed E-state index contributed by atoms with van der Waals surface area (Å²) in [7, 11) is 1.71. The molecule has 0 aromatic rings. The number of amides is 1. The molecule has 2 N–H and O–H groups in total. The monoisotopic (exact) mass is 276 g/mol. The average Bonchev–Trinajstić information content (AvgIpc) is 2.28. The van der Waals surface area contributed by atoms with Gasteiger partial charge in [0.05, 0.1) is 5.41 Å². The number of rotatable bonds is 4. The number of piperidine rings is 1. The van der Waals surface area contributed by atoms with Gasteiger partial charge in [0.1, 0.15) is 0 Å².